The minimum atomic E-state index is 0.910. The summed E-state index contributed by atoms with van der Waals surface area (Å²) >= 11 is 0. The molecule has 0 amide bonds. The van der Waals surface area contributed by atoms with Gasteiger partial charge in [-0.3, -0.25) is 0 Å². The molecule has 0 N–H and O–H groups in total. The van der Waals surface area contributed by atoms with Crippen molar-refractivity contribution in [3.05, 3.63) is 194 Å². The van der Waals surface area contributed by atoms with E-state index in [1.165, 1.54) is 32.9 Å². The van der Waals surface area contributed by atoms with Crippen LogP contribution in [0.3, 0.4) is 0 Å². The lowest BCUT2D eigenvalue weighted by atomic mass is 10.0. The van der Waals surface area contributed by atoms with Crippen LogP contribution in [0.15, 0.2) is 199 Å². The Morgan fingerprint density at radius 1 is 0.353 bits per heavy atom. The monoisotopic (exact) mass is 652 g/mol. The highest BCUT2D eigenvalue weighted by atomic mass is 16.3. The van der Waals surface area contributed by atoms with Gasteiger partial charge in [-0.2, -0.15) is 0 Å². The van der Waals surface area contributed by atoms with Crippen molar-refractivity contribution in [2.75, 3.05) is 4.90 Å². The van der Waals surface area contributed by atoms with Gasteiger partial charge in [-0.1, -0.05) is 133 Å². The second-order valence-corrected chi connectivity index (χ2v) is 12.9. The second-order valence-electron chi connectivity index (χ2n) is 12.9. The van der Waals surface area contributed by atoms with E-state index in [0.29, 0.717) is 0 Å². The third-order valence-corrected chi connectivity index (χ3v) is 10.0. The topological polar surface area (TPSA) is 21.3 Å². The van der Waals surface area contributed by atoms with E-state index in [2.05, 4.69) is 191 Å². The summed E-state index contributed by atoms with van der Waals surface area (Å²) in [7, 11) is 0. The molecule has 10 rings (SSSR count). The van der Waals surface area contributed by atoms with E-state index in [9.17, 15) is 0 Å². The van der Waals surface area contributed by atoms with E-state index >= 15 is 0 Å². The lowest BCUT2D eigenvalue weighted by molar-refractivity contribution is 0.670. The highest BCUT2D eigenvalue weighted by Crippen LogP contribution is 2.41. The first-order chi connectivity index (χ1) is 25.3. The standard InChI is InChI=1S/C48H32N2O/c1-2-13-35(14-3-1)49(37-31-27-34(28-32-37)39-19-12-20-43-42-18-7-11-24-47(42)51-48(39)43)36-29-25-33(26-30-36)38-15-4-8-21-44(38)50-45-22-9-5-16-40(45)41-17-6-10-23-46(41)50/h1-32H. The van der Waals surface area contributed by atoms with E-state index in [4.69, 9.17) is 4.42 Å². The van der Waals surface area contributed by atoms with Gasteiger partial charge in [0.25, 0.3) is 0 Å². The first kappa shape index (κ1) is 29.1. The normalized spacial score (nSPS) is 11.5. The van der Waals surface area contributed by atoms with Gasteiger partial charge >= 0.3 is 0 Å². The minimum absolute atomic E-state index is 0.910. The quantitative estimate of drug-likeness (QED) is 0.178. The molecule has 0 atom stereocenters. The zero-order valence-corrected chi connectivity index (χ0v) is 27.8. The van der Waals surface area contributed by atoms with Gasteiger partial charge in [0.2, 0.25) is 0 Å². The zero-order valence-electron chi connectivity index (χ0n) is 27.8. The summed E-state index contributed by atoms with van der Waals surface area (Å²) in [5.74, 6) is 0. The van der Waals surface area contributed by atoms with Gasteiger partial charge in [0.05, 0.1) is 16.7 Å². The molecule has 0 saturated carbocycles. The number of hydrogen-bond acceptors (Lipinski definition) is 2. The number of anilines is 3. The molecule has 3 nitrogen and oxygen atoms in total. The molecule has 0 aliphatic rings. The number of fused-ring (bicyclic) bond motifs is 6. The number of furan rings is 1. The van der Waals surface area contributed by atoms with Gasteiger partial charge in [-0.15, -0.1) is 0 Å². The van der Waals surface area contributed by atoms with Crippen molar-refractivity contribution in [3.8, 4) is 27.9 Å². The van der Waals surface area contributed by atoms with Crippen molar-refractivity contribution < 1.29 is 4.42 Å². The van der Waals surface area contributed by atoms with Gasteiger partial charge in [0, 0.05) is 49.7 Å². The van der Waals surface area contributed by atoms with Crippen LogP contribution in [0.4, 0.5) is 17.1 Å². The van der Waals surface area contributed by atoms with E-state index < -0.39 is 0 Å². The molecule has 0 aliphatic carbocycles. The fourth-order valence-electron chi connectivity index (χ4n) is 7.67. The first-order valence-corrected chi connectivity index (χ1v) is 17.4. The molecule has 240 valence electrons. The summed E-state index contributed by atoms with van der Waals surface area (Å²) in [6, 6.07) is 69.0. The third-order valence-electron chi connectivity index (χ3n) is 10.0. The largest absolute Gasteiger partial charge is 0.455 e. The lowest BCUT2D eigenvalue weighted by Gasteiger charge is -2.26. The van der Waals surface area contributed by atoms with Crippen molar-refractivity contribution in [2.24, 2.45) is 0 Å². The van der Waals surface area contributed by atoms with Crippen LogP contribution < -0.4 is 4.90 Å². The summed E-state index contributed by atoms with van der Waals surface area (Å²) in [5, 5.41) is 4.80. The van der Waals surface area contributed by atoms with E-state index in [-0.39, 0.29) is 0 Å². The summed E-state index contributed by atoms with van der Waals surface area (Å²) in [6.45, 7) is 0. The molecule has 10 aromatic rings. The Bertz CT molecular complexity index is 2790. The predicted octanol–water partition coefficient (Wildman–Crippen LogP) is 13.5. The molecule has 0 aliphatic heterocycles. The van der Waals surface area contributed by atoms with Gasteiger partial charge in [0.15, 0.2) is 0 Å². The number of nitrogens with zero attached hydrogens (tertiary/aromatic N) is 2. The molecule has 0 fully saturated rings. The molecule has 8 aromatic carbocycles. The Balaban J connectivity index is 1.05. The average molecular weight is 653 g/mol. The predicted molar refractivity (Wildman–Crippen MR) is 214 cm³/mol. The second kappa shape index (κ2) is 11.9. The van der Waals surface area contributed by atoms with Crippen LogP contribution in [0.25, 0.3) is 71.7 Å². The van der Waals surface area contributed by atoms with E-state index in [0.717, 1.165) is 55.8 Å². The molecule has 3 heteroatoms. The number of rotatable bonds is 6. The van der Waals surface area contributed by atoms with Crippen LogP contribution in [0, 0.1) is 0 Å². The number of hydrogen-bond donors (Lipinski definition) is 0. The molecule has 0 spiro atoms. The summed E-state index contributed by atoms with van der Waals surface area (Å²) < 4.78 is 8.76. The van der Waals surface area contributed by atoms with Crippen LogP contribution in [0.2, 0.25) is 0 Å². The van der Waals surface area contributed by atoms with Gasteiger partial charge < -0.3 is 13.9 Å². The Morgan fingerprint density at radius 2 is 0.843 bits per heavy atom. The molecule has 0 saturated heterocycles. The molecular weight excluding hydrogens is 621 g/mol. The Kier molecular flexibility index (Phi) is 6.81. The molecule has 0 unspecified atom stereocenters. The van der Waals surface area contributed by atoms with Crippen molar-refractivity contribution in [3.63, 3.8) is 0 Å². The van der Waals surface area contributed by atoms with E-state index in [1.807, 2.05) is 12.1 Å². The van der Waals surface area contributed by atoms with Crippen molar-refractivity contribution in [2.45, 2.75) is 0 Å². The maximum absolute atomic E-state index is 6.36. The highest BCUT2D eigenvalue weighted by Gasteiger charge is 2.18. The number of para-hydroxylation sites is 6. The molecule has 2 heterocycles. The maximum Gasteiger partial charge on any atom is 0.143 e. The summed E-state index contributed by atoms with van der Waals surface area (Å²) in [5.41, 5.74) is 13.2. The Morgan fingerprint density at radius 3 is 1.53 bits per heavy atom. The zero-order chi connectivity index (χ0) is 33.7. The van der Waals surface area contributed by atoms with Crippen molar-refractivity contribution >= 4 is 60.8 Å². The average Bonchev–Trinajstić information content (AvgIpc) is 3.75. The fourth-order valence-corrected chi connectivity index (χ4v) is 7.67. The summed E-state index contributed by atoms with van der Waals surface area (Å²) in [6.07, 6.45) is 0. The highest BCUT2D eigenvalue weighted by molar-refractivity contribution is 6.10. The van der Waals surface area contributed by atoms with Gasteiger partial charge in [-0.05, 0) is 71.8 Å². The van der Waals surface area contributed by atoms with Crippen LogP contribution in [-0.2, 0) is 0 Å². The number of aromatic nitrogens is 1. The van der Waals surface area contributed by atoms with E-state index in [1.54, 1.807) is 0 Å². The molecular formula is C48H32N2O. The minimum Gasteiger partial charge on any atom is -0.455 e. The molecule has 0 bridgehead atoms. The molecule has 0 radical (unpaired) electrons. The number of benzene rings is 8. The lowest BCUT2D eigenvalue weighted by Crippen LogP contribution is -2.09. The van der Waals surface area contributed by atoms with Gasteiger partial charge in [-0.25, -0.2) is 0 Å². The third kappa shape index (κ3) is 4.82. The Labute approximate surface area is 295 Å². The van der Waals surface area contributed by atoms with Crippen LogP contribution >= 0.6 is 0 Å². The van der Waals surface area contributed by atoms with Crippen molar-refractivity contribution in [1.29, 1.82) is 0 Å². The SMILES string of the molecule is c1ccc(N(c2ccc(-c3ccccc3-n3c4ccccc4c4ccccc43)cc2)c2ccc(-c3cccc4c3oc3ccccc34)cc2)cc1. The maximum atomic E-state index is 6.36. The molecule has 2 aromatic heterocycles. The van der Waals surface area contributed by atoms with Crippen LogP contribution in [0.5, 0.6) is 0 Å². The van der Waals surface area contributed by atoms with Crippen LogP contribution in [0.1, 0.15) is 0 Å². The fraction of sp³-hybridized carbons (Fsp3) is 0. The molecule has 51 heavy (non-hydrogen) atoms. The smallest absolute Gasteiger partial charge is 0.143 e. The Hall–Kier alpha value is -6.84. The van der Waals surface area contributed by atoms with Crippen LogP contribution in [-0.4, -0.2) is 4.57 Å². The summed E-state index contributed by atoms with van der Waals surface area (Å²) in [4.78, 5) is 2.31. The van der Waals surface area contributed by atoms with Crippen molar-refractivity contribution in [1.82, 2.24) is 4.57 Å². The first-order valence-electron chi connectivity index (χ1n) is 17.4. The van der Waals surface area contributed by atoms with Gasteiger partial charge in [0.1, 0.15) is 11.2 Å².